The Kier molecular flexibility index (Phi) is 12.7. The molecule has 52 heavy (non-hydrogen) atoms. The van der Waals surface area contributed by atoms with Crippen molar-refractivity contribution < 1.29 is 28.6 Å². The molecule has 0 bridgehead atoms. The van der Waals surface area contributed by atoms with Crippen molar-refractivity contribution in [3.8, 4) is 17.2 Å². The van der Waals surface area contributed by atoms with Gasteiger partial charge < -0.3 is 30.2 Å². The second kappa shape index (κ2) is 17.8. The van der Waals surface area contributed by atoms with E-state index in [1.54, 1.807) is 54.6 Å². The van der Waals surface area contributed by atoms with E-state index in [4.69, 9.17) is 14.2 Å². The number of anilines is 2. The Morgan fingerprint density at radius 2 is 1.19 bits per heavy atom. The quantitative estimate of drug-likeness (QED) is 0.0778. The normalized spacial score (nSPS) is 11.7. The summed E-state index contributed by atoms with van der Waals surface area (Å²) >= 11 is 1.40. The van der Waals surface area contributed by atoms with E-state index in [1.165, 1.54) is 44.7 Å². The van der Waals surface area contributed by atoms with Crippen molar-refractivity contribution in [3.63, 3.8) is 0 Å². The number of amides is 3. The molecule has 0 heterocycles. The number of methoxy groups -OCH3 is 3. The standard InChI is InChI=1S/C42H41N3O6S/c1-27(2)28-16-18-32(19-17-28)44-42(48)39(29-12-8-6-9-13-29)52-34-22-20-33(21-23-34)43-41(47)35(45-40(46)30-14-10-7-11-15-30)24-31-25-37(50-4)38(51-5)26-36(31)49-3/h6-27,39H,1-5H3,(H,43,47)(H,44,48)(H,45,46)/b35-24-. The molecule has 266 valence electrons. The Bertz CT molecular complexity index is 2020. The molecule has 0 radical (unpaired) electrons. The molecule has 0 aliphatic heterocycles. The molecule has 10 heteroatoms. The van der Waals surface area contributed by atoms with Gasteiger partial charge >= 0.3 is 0 Å². The fourth-order valence-corrected chi connectivity index (χ4v) is 6.30. The van der Waals surface area contributed by atoms with Gasteiger partial charge in [0.05, 0.1) is 21.3 Å². The highest BCUT2D eigenvalue weighted by Crippen LogP contribution is 2.38. The van der Waals surface area contributed by atoms with Gasteiger partial charge in [0.2, 0.25) is 5.91 Å². The molecule has 3 N–H and O–H groups in total. The molecule has 0 spiro atoms. The second-order valence-electron chi connectivity index (χ2n) is 12.0. The summed E-state index contributed by atoms with van der Waals surface area (Å²) in [5, 5.41) is 8.16. The molecule has 1 unspecified atom stereocenters. The summed E-state index contributed by atoms with van der Waals surface area (Å²) in [6.45, 7) is 4.26. The molecule has 3 amide bonds. The van der Waals surface area contributed by atoms with Crippen LogP contribution in [-0.4, -0.2) is 39.1 Å². The predicted molar refractivity (Wildman–Crippen MR) is 207 cm³/mol. The Hall–Kier alpha value is -6.00. The van der Waals surface area contributed by atoms with Gasteiger partial charge in [-0.3, -0.25) is 14.4 Å². The fourth-order valence-electron chi connectivity index (χ4n) is 5.27. The van der Waals surface area contributed by atoms with Gasteiger partial charge in [0, 0.05) is 33.5 Å². The molecule has 9 nitrogen and oxygen atoms in total. The van der Waals surface area contributed by atoms with Crippen molar-refractivity contribution in [2.24, 2.45) is 0 Å². The van der Waals surface area contributed by atoms with Crippen LogP contribution in [-0.2, 0) is 9.59 Å². The minimum atomic E-state index is -0.563. The van der Waals surface area contributed by atoms with Crippen molar-refractivity contribution in [2.75, 3.05) is 32.0 Å². The first kappa shape index (κ1) is 37.3. The number of ether oxygens (including phenoxy) is 3. The molecule has 0 saturated carbocycles. The Morgan fingerprint density at radius 1 is 0.635 bits per heavy atom. The Labute approximate surface area is 308 Å². The maximum atomic E-state index is 13.8. The van der Waals surface area contributed by atoms with Crippen molar-refractivity contribution in [3.05, 3.63) is 149 Å². The van der Waals surface area contributed by atoms with Crippen LogP contribution in [0.4, 0.5) is 11.4 Å². The molecule has 5 aromatic carbocycles. The molecule has 0 fully saturated rings. The van der Waals surface area contributed by atoms with Gasteiger partial charge in [-0.25, -0.2) is 0 Å². The maximum Gasteiger partial charge on any atom is 0.272 e. The third-order valence-electron chi connectivity index (χ3n) is 8.12. The van der Waals surface area contributed by atoms with Gasteiger partial charge in [0.1, 0.15) is 16.7 Å². The van der Waals surface area contributed by atoms with E-state index in [0.29, 0.717) is 40.0 Å². The zero-order chi connectivity index (χ0) is 37.0. The van der Waals surface area contributed by atoms with Crippen LogP contribution in [0, 0.1) is 0 Å². The number of benzene rings is 5. The van der Waals surface area contributed by atoms with Crippen molar-refractivity contribution >= 4 is 46.9 Å². The van der Waals surface area contributed by atoms with E-state index >= 15 is 0 Å². The minimum absolute atomic E-state index is 0.0277. The van der Waals surface area contributed by atoms with Gasteiger partial charge in [-0.15, -0.1) is 11.8 Å². The van der Waals surface area contributed by atoms with Gasteiger partial charge in [0.15, 0.2) is 11.5 Å². The topological polar surface area (TPSA) is 115 Å². The van der Waals surface area contributed by atoms with E-state index in [0.717, 1.165) is 16.1 Å². The van der Waals surface area contributed by atoms with Crippen LogP contribution in [0.3, 0.4) is 0 Å². The Balaban J connectivity index is 1.37. The predicted octanol–water partition coefficient (Wildman–Crippen LogP) is 8.72. The van der Waals surface area contributed by atoms with Crippen LogP contribution in [0.2, 0.25) is 0 Å². The summed E-state index contributed by atoms with van der Waals surface area (Å²) in [5.41, 5.74) is 4.09. The molecular weight excluding hydrogens is 675 g/mol. The van der Waals surface area contributed by atoms with Gasteiger partial charge in [-0.2, -0.15) is 0 Å². The molecular formula is C42H41N3O6S. The number of hydrogen-bond donors (Lipinski definition) is 3. The van der Waals surface area contributed by atoms with E-state index < -0.39 is 17.1 Å². The molecule has 0 aromatic heterocycles. The lowest BCUT2D eigenvalue weighted by atomic mass is 10.0. The average Bonchev–Trinajstić information content (AvgIpc) is 3.17. The lowest BCUT2D eigenvalue weighted by Gasteiger charge is -2.18. The maximum absolute atomic E-state index is 13.8. The highest BCUT2D eigenvalue weighted by molar-refractivity contribution is 8.00. The van der Waals surface area contributed by atoms with Crippen LogP contribution < -0.4 is 30.2 Å². The summed E-state index contributed by atoms with van der Waals surface area (Å²) in [7, 11) is 4.51. The second-order valence-corrected chi connectivity index (χ2v) is 13.2. The number of carbonyl (C=O) groups is 3. The van der Waals surface area contributed by atoms with Gasteiger partial charge in [-0.05, 0) is 77.7 Å². The summed E-state index contributed by atoms with van der Waals surface area (Å²) in [6.07, 6.45) is 1.51. The summed E-state index contributed by atoms with van der Waals surface area (Å²) < 4.78 is 16.4. The van der Waals surface area contributed by atoms with Gasteiger partial charge in [-0.1, -0.05) is 74.5 Å². The molecule has 5 rings (SSSR count). The molecule has 1 atom stereocenters. The van der Waals surface area contributed by atoms with Crippen LogP contribution in [0.5, 0.6) is 17.2 Å². The summed E-state index contributed by atoms with van der Waals surface area (Å²) in [6, 6.07) is 36.5. The van der Waals surface area contributed by atoms with E-state index in [2.05, 4.69) is 29.8 Å². The summed E-state index contributed by atoms with van der Waals surface area (Å²) in [5.74, 6) is 0.482. The van der Waals surface area contributed by atoms with Crippen LogP contribution in [0.25, 0.3) is 6.08 Å². The van der Waals surface area contributed by atoms with Crippen LogP contribution in [0.15, 0.2) is 132 Å². The Morgan fingerprint density at radius 3 is 1.79 bits per heavy atom. The fraction of sp³-hybridized carbons (Fsp3) is 0.167. The summed E-state index contributed by atoms with van der Waals surface area (Å²) in [4.78, 5) is 41.4. The lowest BCUT2D eigenvalue weighted by Crippen LogP contribution is -2.30. The number of nitrogens with one attached hydrogen (secondary N) is 3. The highest BCUT2D eigenvalue weighted by Gasteiger charge is 2.23. The highest BCUT2D eigenvalue weighted by atomic mass is 32.2. The molecule has 0 aliphatic rings. The average molecular weight is 716 g/mol. The van der Waals surface area contributed by atoms with E-state index in [1.807, 2.05) is 66.7 Å². The van der Waals surface area contributed by atoms with Gasteiger partial charge in [0.25, 0.3) is 11.8 Å². The first-order chi connectivity index (χ1) is 25.2. The third kappa shape index (κ3) is 9.61. The largest absolute Gasteiger partial charge is 0.496 e. The molecule has 5 aromatic rings. The number of thioether (sulfide) groups is 1. The van der Waals surface area contributed by atoms with Crippen molar-refractivity contribution in [1.29, 1.82) is 0 Å². The number of hydrogen-bond acceptors (Lipinski definition) is 7. The SMILES string of the molecule is COc1cc(OC)c(OC)cc1/C=C(\NC(=O)c1ccccc1)C(=O)Nc1ccc(SC(C(=O)Nc2ccc(C(C)C)cc2)c2ccccc2)cc1. The lowest BCUT2D eigenvalue weighted by molar-refractivity contribution is -0.116. The first-order valence-corrected chi connectivity index (χ1v) is 17.5. The monoisotopic (exact) mass is 715 g/mol. The smallest absolute Gasteiger partial charge is 0.272 e. The first-order valence-electron chi connectivity index (χ1n) is 16.6. The van der Waals surface area contributed by atoms with Crippen molar-refractivity contribution in [2.45, 2.75) is 29.9 Å². The zero-order valence-electron chi connectivity index (χ0n) is 29.6. The third-order valence-corrected chi connectivity index (χ3v) is 9.38. The number of rotatable bonds is 14. The molecule has 0 saturated heterocycles. The van der Waals surface area contributed by atoms with Crippen molar-refractivity contribution in [1.82, 2.24) is 5.32 Å². The number of carbonyl (C=O) groups excluding carboxylic acids is 3. The molecule has 0 aliphatic carbocycles. The van der Waals surface area contributed by atoms with E-state index in [-0.39, 0.29) is 11.6 Å². The van der Waals surface area contributed by atoms with Crippen LogP contribution in [0.1, 0.15) is 52.1 Å². The minimum Gasteiger partial charge on any atom is -0.496 e. The van der Waals surface area contributed by atoms with Crippen LogP contribution >= 0.6 is 11.8 Å². The van der Waals surface area contributed by atoms with E-state index in [9.17, 15) is 14.4 Å². The zero-order valence-corrected chi connectivity index (χ0v) is 30.5.